The van der Waals surface area contributed by atoms with Crippen molar-refractivity contribution in [1.82, 2.24) is 15.5 Å². The second-order valence-corrected chi connectivity index (χ2v) is 7.78. The molecule has 2 saturated heterocycles. The molecule has 2 aliphatic rings. The van der Waals surface area contributed by atoms with Gasteiger partial charge in [-0.25, -0.2) is 4.39 Å². The van der Waals surface area contributed by atoms with Crippen LogP contribution in [0.5, 0.6) is 0 Å². The third kappa shape index (κ3) is 2.34. The van der Waals surface area contributed by atoms with Crippen molar-refractivity contribution in [2.24, 2.45) is 5.41 Å². The number of nitrogens with one attached hydrogen (secondary N) is 2. The van der Waals surface area contributed by atoms with Gasteiger partial charge in [0.15, 0.2) is 0 Å². The minimum atomic E-state index is -0.208. The Morgan fingerprint density at radius 2 is 2.04 bits per heavy atom. The zero-order valence-corrected chi connectivity index (χ0v) is 15.0. The van der Waals surface area contributed by atoms with E-state index in [0.717, 1.165) is 48.3 Å². The summed E-state index contributed by atoms with van der Waals surface area (Å²) in [5, 5.41) is 11.9. The lowest BCUT2D eigenvalue weighted by Crippen LogP contribution is -2.29. The van der Waals surface area contributed by atoms with E-state index in [2.05, 4.69) is 20.4 Å². The van der Waals surface area contributed by atoms with Crippen molar-refractivity contribution in [3.8, 4) is 11.3 Å². The highest BCUT2D eigenvalue weighted by molar-refractivity contribution is 5.94. The molecular weight excluding hydrogens is 327 g/mol. The zero-order chi connectivity index (χ0) is 17.7. The fraction of sp³-hybridized carbons (Fsp3) is 0.381. The third-order valence-electron chi connectivity index (χ3n) is 6.20. The lowest BCUT2D eigenvalue weighted by atomic mass is 9.86. The van der Waals surface area contributed by atoms with Crippen LogP contribution in [0.2, 0.25) is 0 Å². The number of para-hydroxylation sites is 1. The van der Waals surface area contributed by atoms with Crippen LogP contribution in [0.1, 0.15) is 18.4 Å². The van der Waals surface area contributed by atoms with E-state index in [4.69, 9.17) is 0 Å². The van der Waals surface area contributed by atoms with Crippen molar-refractivity contribution in [3.63, 3.8) is 0 Å². The number of hydrogen-bond donors (Lipinski definition) is 2. The van der Waals surface area contributed by atoms with Crippen molar-refractivity contribution in [1.29, 1.82) is 0 Å². The normalized spacial score (nSPS) is 22.8. The molecule has 4 nitrogen and oxygen atoms in total. The van der Waals surface area contributed by atoms with Crippen molar-refractivity contribution < 1.29 is 4.39 Å². The lowest BCUT2D eigenvalue weighted by Gasteiger charge is -2.26. The largest absolute Gasteiger partial charge is 0.371 e. The molecule has 2 fully saturated rings. The van der Waals surface area contributed by atoms with E-state index in [1.54, 1.807) is 6.07 Å². The molecule has 26 heavy (non-hydrogen) atoms. The van der Waals surface area contributed by atoms with Crippen LogP contribution < -0.4 is 10.2 Å². The van der Waals surface area contributed by atoms with E-state index in [1.165, 1.54) is 12.8 Å². The maximum absolute atomic E-state index is 14.8. The van der Waals surface area contributed by atoms with E-state index in [9.17, 15) is 4.39 Å². The van der Waals surface area contributed by atoms with Gasteiger partial charge < -0.3 is 10.2 Å². The fourth-order valence-corrected chi connectivity index (χ4v) is 4.74. The molecule has 0 radical (unpaired) electrons. The molecule has 2 aromatic carbocycles. The monoisotopic (exact) mass is 350 g/mol. The minimum absolute atomic E-state index is 0.208. The molecule has 1 spiro atoms. The molecule has 3 heterocycles. The van der Waals surface area contributed by atoms with Gasteiger partial charge in [0, 0.05) is 41.7 Å². The first kappa shape index (κ1) is 15.8. The molecule has 1 unspecified atom stereocenters. The summed E-state index contributed by atoms with van der Waals surface area (Å²) in [6.07, 6.45) is 2.44. The van der Waals surface area contributed by atoms with Crippen LogP contribution in [0, 0.1) is 18.2 Å². The summed E-state index contributed by atoms with van der Waals surface area (Å²) in [4.78, 5) is 2.43. The van der Waals surface area contributed by atoms with Gasteiger partial charge in [-0.1, -0.05) is 18.2 Å². The summed E-state index contributed by atoms with van der Waals surface area (Å²) in [6.45, 7) is 6.32. The number of aromatic nitrogens is 2. The quantitative estimate of drug-likeness (QED) is 0.737. The maximum atomic E-state index is 14.8. The Balaban J connectivity index is 1.59. The number of anilines is 1. The molecule has 5 heteroatoms. The van der Waals surface area contributed by atoms with Crippen molar-refractivity contribution in [3.05, 3.63) is 47.8 Å². The van der Waals surface area contributed by atoms with Crippen LogP contribution in [0.3, 0.4) is 0 Å². The molecule has 1 atom stereocenters. The number of nitrogens with zero attached hydrogens (tertiary/aromatic N) is 2. The number of halogens is 1. The van der Waals surface area contributed by atoms with Gasteiger partial charge in [0.25, 0.3) is 0 Å². The van der Waals surface area contributed by atoms with Crippen molar-refractivity contribution in [2.45, 2.75) is 19.8 Å². The minimum Gasteiger partial charge on any atom is -0.371 e. The average molecular weight is 350 g/mol. The second-order valence-electron chi connectivity index (χ2n) is 7.78. The van der Waals surface area contributed by atoms with Crippen molar-refractivity contribution in [2.75, 3.05) is 31.1 Å². The van der Waals surface area contributed by atoms with E-state index in [0.29, 0.717) is 16.7 Å². The molecule has 134 valence electrons. The number of H-pyrrole nitrogens is 1. The van der Waals surface area contributed by atoms with Crippen LogP contribution in [0.15, 0.2) is 36.4 Å². The Morgan fingerprint density at radius 3 is 2.88 bits per heavy atom. The van der Waals surface area contributed by atoms with Crippen LogP contribution in [0.25, 0.3) is 22.2 Å². The molecule has 0 aliphatic carbocycles. The summed E-state index contributed by atoms with van der Waals surface area (Å²) in [5.41, 5.74) is 4.76. The lowest BCUT2D eigenvalue weighted by molar-refractivity contribution is 0.369. The van der Waals surface area contributed by atoms with Gasteiger partial charge in [-0.15, -0.1) is 0 Å². The van der Waals surface area contributed by atoms with Crippen LogP contribution in [-0.4, -0.2) is 36.4 Å². The van der Waals surface area contributed by atoms with Crippen LogP contribution >= 0.6 is 0 Å². The maximum Gasteiger partial charge on any atom is 0.133 e. The molecule has 0 amide bonds. The first-order chi connectivity index (χ1) is 12.7. The smallest absolute Gasteiger partial charge is 0.133 e. The van der Waals surface area contributed by atoms with E-state index in [1.807, 2.05) is 37.3 Å². The Labute approximate surface area is 152 Å². The Bertz CT molecular complexity index is 971. The Morgan fingerprint density at radius 1 is 1.15 bits per heavy atom. The van der Waals surface area contributed by atoms with Gasteiger partial charge >= 0.3 is 0 Å². The van der Waals surface area contributed by atoms with E-state index < -0.39 is 0 Å². The van der Waals surface area contributed by atoms with E-state index >= 15 is 0 Å². The highest BCUT2D eigenvalue weighted by Gasteiger charge is 2.40. The van der Waals surface area contributed by atoms with Gasteiger partial charge in [0.05, 0.1) is 5.52 Å². The fourth-order valence-electron chi connectivity index (χ4n) is 4.74. The summed E-state index contributed by atoms with van der Waals surface area (Å²) in [5.74, 6) is -0.208. The Hall–Kier alpha value is -2.40. The van der Waals surface area contributed by atoms with Gasteiger partial charge in [-0.2, -0.15) is 5.10 Å². The number of aromatic amines is 1. The summed E-state index contributed by atoms with van der Waals surface area (Å²) in [7, 11) is 0. The standard InChI is InChI=1S/C21H23FN4/c1-14-18(26-11-9-21(13-26)8-10-23-12-21)7-6-16(22)19(14)20-15-4-2-3-5-17(15)24-25-20/h2-7,23H,8-13H2,1H3,(H,24,25). The second kappa shape index (κ2) is 5.81. The first-order valence-corrected chi connectivity index (χ1v) is 9.35. The number of benzene rings is 2. The third-order valence-corrected chi connectivity index (χ3v) is 6.20. The van der Waals surface area contributed by atoms with Gasteiger partial charge in [0.1, 0.15) is 11.5 Å². The molecular formula is C21H23FN4. The zero-order valence-electron chi connectivity index (χ0n) is 15.0. The number of fused-ring (bicyclic) bond motifs is 1. The molecule has 5 rings (SSSR count). The van der Waals surface area contributed by atoms with Crippen molar-refractivity contribution >= 4 is 16.6 Å². The molecule has 0 bridgehead atoms. The summed E-state index contributed by atoms with van der Waals surface area (Å²) < 4.78 is 14.8. The van der Waals surface area contributed by atoms with Gasteiger partial charge in [-0.3, -0.25) is 5.10 Å². The number of hydrogen-bond acceptors (Lipinski definition) is 3. The molecule has 1 aromatic heterocycles. The SMILES string of the molecule is Cc1c(N2CCC3(CCNC3)C2)ccc(F)c1-c1n[nH]c2ccccc12. The number of rotatable bonds is 2. The summed E-state index contributed by atoms with van der Waals surface area (Å²) >= 11 is 0. The topological polar surface area (TPSA) is 44.0 Å². The van der Waals surface area contributed by atoms with Gasteiger partial charge in [-0.05, 0) is 50.1 Å². The first-order valence-electron chi connectivity index (χ1n) is 9.35. The van der Waals surface area contributed by atoms with E-state index in [-0.39, 0.29) is 5.82 Å². The molecule has 0 saturated carbocycles. The average Bonchev–Trinajstić information content (AvgIpc) is 3.37. The molecule has 2 aliphatic heterocycles. The van der Waals surface area contributed by atoms with Crippen LogP contribution in [-0.2, 0) is 0 Å². The summed E-state index contributed by atoms with van der Waals surface area (Å²) in [6, 6.07) is 11.4. The Kier molecular flexibility index (Phi) is 3.54. The highest BCUT2D eigenvalue weighted by Crippen LogP contribution is 2.41. The van der Waals surface area contributed by atoms with Crippen LogP contribution in [0.4, 0.5) is 10.1 Å². The van der Waals surface area contributed by atoms with Gasteiger partial charge in [0.2, 0.25) is 0 Å². The molecule has 3 aromatic rings. The molecule has 2 N–H and O–H groups in total. The predicted octanol–water partition coefficient (Wildman–Crippen LogP) is 3.87. The highest BCUT2D eigenvalue weighted by atomic mass is 19.1. The predicted molar refractivity (Wildman–Crippen MR) is 103 cm³/mol.